The summed E-state index contributed by atoms with van der Waals surface area (Å²) in [5.74, 6) is 1.59. The van der Waals surface area contributed by atoms with Crippen LogP contribution in [0.1, 0.15) is 23.3 Å². The summed E-state index contributed by atoms with van der Waals surface area (Å²) in [5.41, 5.74) is 1.04. The molecule has 2 N–H and O–H groups in total. The predicted molar refractivity (Wildman–Crippen MR) is 101 cm³/mol. The molecule has 9 heteroatoms. The van der Waals surface area contributed by atoms with Gasteiger partial charge < -0.3 is 24.5 Å². The van der Waals surface area contributed by atoms with Gasteiger partial charge in [-0.25, -0.2) is 4.98 Å². The number of hydrogen-bond acceptors (Lipinski definition) is 6. The second-order valence-corrected chi connectivity index (χ2v) is 5.89. The molecule has 26 heavy (non-hydrogen) atoms. The maximum absolute atomic E-state index is 12.5. The van der Waals surface area contributed by atoms with Crippen LogP contribution in [0.15, 0.2) is 29.0 Å². The van der Waals surface area contributed by atoms with Gasteiger partial charge in [0.1, 0.15) is 13.2 Å². The van der Waals surface area contributed by atoms with Crippen LogP contribution in [0.3, 0.4) is 0 Å². The van der Waals surface area contributed by atoms with E-state index in [1.807, 2.05) is 18.2 Å². The summed E-state index contributed by atoms with van der Waals surface area (Å²) in [6.45, 7) is 2.88. The maximum Gasteiger partial charge on any atom is 0.274 e. The number of nitrogens with zero attached hydrogens (tertiary/aromatic N) is 1. The number of benzene rings is 1. The van der Waals surface area contributed by atoms with Gasteiger partial charge in [-0.15, -0.1) is 24.8 Å². The highest BCUT2D eigenvalue weighted by Gasteiger charge is 2.23. The topological polar surface area (TPSA) is 85.6 Å². The molecule has 1 aromatic heterocycles. The summed E-state index contributed by atoms with van der Waals surface area (Å²) in [7, 11) is 0. The quantitative estimate of drug-likeness (QED) is 0.821. The molecule has 1 fully saturated rings. The van der Waals surface area contributed by atoms with E-state index in [1.165, 1.54) is 6.39 Å². The van der Waals surface area contributed by atoms with Gasteiger partial charge in [-0.3, -0.25) is 4.79 Å². The lowest BCUT2D eigenvalue weighted by atomic mass is 10.1. The molecular weight excluding hydrogens is 381 g/mol. The van der Waals surface area contributed by atoms with Gasteiger partial charge in [0.25, 0.3) is 5.91 Å². The van der Waals surface area contributed by atoms with Gasteiger partial charge in [0.05, 0.1) is 0 Å². The number of oxazole rings is 1. The summed E-state index contributed by atoms with van der Waals surface area (Å²) in [5, 5.41) is 6.31. The van der Waals surface area contributed by atoms with Gasteiger partial charge in [0, 0.05) is 11.6 Å². The van der Waals surface area contributed by atoms with Crippen molar-refractivity contribution in [1.82, 2.24) is 15.6 Å². The molecule has 3 heterocycles. The Morgan fingerprint density at radius 1 is 1.12 bits per heavy atom. The van der Waals surface area contributed by atoms with Crippen molar-refractivity contribution in [2.24, 2.45) is 0 Å². The van der Waals surface area contributed by atoms with E-state index < -0.39 is 0 Å². The molecule has 4 rings (SSSR count). The van der Waals surface area contributed by atoms with E-state index in [0.717, 1.165) is 31.5 Å². The number of piperidine rings is 1. The molecule has 2 aliphatic rings. The molecule has 0 bridgehead atoms. The third-order valence-electron chi connectivity index (χ3n) is 4.26. The minimum Gasteiger partial charge on any atom is -0.486 e. The fourth-order valence-corrected chi connectivity index (χ4v) is 3.02. The van der Waals surface area contributed by atoms with Crippen molar-refractivity contribution < 1.29 is 18.7 Å². The molecule has 0 spiro atoms. The largest absolute Gasteiger partial charge is 0.486 e. The van der Waals surface area contributed by atoms with Crippen molar-refractivity contribution in [3.05, 3.63) is 30.3 Å². The zero-order valence-electron chi connectivity index (χ0n) is 14.0. The van der Waals surface area contributed by atoms with Crippen LogP contribution in [-0.2, 0) is 0 Å². The standard InChI is InChI=1S/C17H19N3O4.2ClH/c21-17(20-12-3-5-18-6-4-12)15-16(24-10-19-15)11-1-2-13-14(9-11)23-8-7-22-13;;/h1-2,9-10,12,18H,3-8H2,(H,20,21);2*1H. The fourth-order valence-electron chi connectivity index (χ4n) is 3.02. The molecule has 0 atom stereocenters. The zero-order valence-corrected chi connectivity index (χ0v) is 15.7. The molecule has 142 valence electrons. The van der Waals surface area contributed by atoms with Gasteiger partial charge in [-0.05, 0) is 44.1 Å². The Morgan fingerprint density at radius 2 is 1.85 bits per heavy atom. The van der Waals surface area contributed by atoms with E-state index in [-0.39, 0.29) is 36.8 Å². The summed E-state index contributed by atoms with van der Waals surface area (Å²) >= 11 is 0. The van der Waals surface area contributed by atoms with Crippen LogP contribution in [0.25, 0.3) is 11.3 Å². The van der Waals surface area contributed by atoms with E-state index in [1.54, 1.807) is 0 Å². The van der Waals surface area contributed by atoms with Gasteiger partial charge in [-0.2, -0.15) is 0 Å². The number of fused-ring (bicyclic) bond motifs is 1. The second kappa shape index (κ2) is 9.12. The number of amides is 1. The molecule has 1 amide bonds. The molecule has 0 radical (unpaired) electrons. The maximum atomic E-state index is 12.5. The van der Waals surface area contributed by atoms with Crippen molar-refractivity contribution in [3.8, 4) is 22.8 Å². The summed E-state index contributed by atoms with van der Waals surface area (Å²) < 4.78 is 16.6. The third kappa shape index (κ3) is 4.23. The molecule has 7 nitrogen and oxygen atoms in total. The molecule has 2 aliphatic heterocycles. The average Bonchev–Trinajstić information content (AvgIpc) is 3.12. The Labute approximate surface area is 163 Å². The van der Waals surface area contributed by atoms with E-state index in [0.29, 0.717) is 36.2 Å². The van der Waals surface area contributed by atoms with E-state index in [2.05, 4.69) is 15.6 Å². The van der Waals surface area contributed by atoms with Gasteiger partial charge in [-0.1, -0.05) is 0 Å². The first-order valence-corrected chi connectivity index (χ1v) is 8.16. The average molecular weight is 402 g/mol. The van der Waals surface area contributed by atoms with Crippen LogP contribution >= 0.6 is 24.8 Å². The SMILES string of the molecule is Cl.Cl.O=C(NC1CCNCC1)c1ncoc1-c1ccc2c(c1)OCCO2. The lowest BCUT2D eigenvalue weighted by molar-refractivity contribution is 0.0925. The highest BCUT2D eigenvalue weighted by Crippen LogP contribution is 2.35. The fraction of sp³-hybridized carbons (Fsp3) is 0.412. The van der Waals surface area contributed by atoms with Gasteiger partial charge in [0.15, 0.2) is 29.3 Å². The lowest BCUT2D eigenvalue weighted by Gasteiger charge is -2.23. The first-order chi connectivity index (χ1) is 11.8. The summed E-state index contributed by atoms with van der Waals surface area (Å²) in [4.78, 5) is 16.7. The van der Waals surface area contributed by atoms with Crippen LogP contribution in [0.4, 0.5) is 0 Å². The number of nitrogens with one attached hydrogen (secondary N) is 2. The number of carbonyl (C=O) groups excluding carboxylic acids is 1. The number of halogens is 2. The van der Waals surface area contributed by atoms with Crippen molar-refractivity contribution in [2.45, 2.75) is 18.9 Å². The zero-order chi connectivity index (χ0) is 16.4. The smallest absolute Gasteiger partial charge is 0.274 e. The number of ether oxygens (including phenoxy) is 2. The first kappa shape index (κ1) is 20.4. The number of aromatic nitrogens is 1. The minimum atomic E-state index is -0.208. The van der Waals surface area contributed by atoms with Crippen molar-refractivity contribution >= 4 is 30.7 Å². The Balaban J connectivity index is 0.00000121. The molecule has 1 saturated heterocycles. The number of rotatable bonds is 3. The van der Waals surface area contributed by atoms with E-state index >= 15 is 0 Å². The Bertz CT molecular complexity index is 747. The van der Waals surface area contributed by atoms with E-state index in [4.69, 9.17) is 13.9 Å². The monoisotopic (exact) mass is 401 g/mol. The van der Waals surface area contributed by atoms with Crippen molar-refractivity contribution in [3.63, 3.8) is 0 Å². The summed E-state index contributed by atoms with van der Waals surface area (Å²) in [6.07, 6.45) is 3.13. The Hall–Kier alpha value is -1.96. The highest BCUT2D eigenvalue weighted by molar-refractivity contribution is 5.97. The molecule has 0 aliphatic carbocycles. The highest BCUT2D eigenvalue weighted by atomic mass is 35.5. The summed E-state index contributed by atoms with van der Waals surface area (Å²) in [6, 6.07) is 5.65. The third-order valence-corrected chi connectivity index (χ3v) is 4.26. The Morgan fingerprint density at radius 3 is 2.62 bits per heavy atom. The molecule has 0 unspecified atom stereocenters. The second-order valence-electron chi connectivity index (χ2n) is 5.89. The van der Waals surface area contributed by atoms with Crippen LogP contribution in [-0.4, -0.2) is 43.2 Å². The minimum absolute atomic E-state index is 0. The number of hydrogen-bond donors (Lipinski definition) is 2. The van der Waals surface area contributed by atoms with Crippen LogP contribution in [0, 0.1) is 0 Å². The van der Waals surface area contributed by atoms with Crippen LogP contribution in [0.2, 0.25) is 0 Å². The van der Waals surface area contributed by atoms with Crippen LogP contribution < -0.4 is 20.1 Å². The van der Waals surface area contributed by atoms with Crippen molar-refractivity contribution in [2.75, 3.05) is 26.3 Å². The lowest BCUT2D eigenvalue weighted by Crippen LogP contribution is -2.42. The number of carbonyl (C=O) groups is 1. The molecule has 1 aromatic carbocycles. The van der Waals surface area contributed by atoms with Gasteiger partial charge >= 0.3 is 0 Å². The molecule has 2 aromatic rings. The normalized spacial score (nSPS) is 16.2. The predicted octanol–water partition coefficient (Wildman–Crippen LogP) is 2.44. The Kier molecular flexibility index (Phi) is 7.14. The molecular formula is C17H21Cl2N3O4. The van der Waals surface area contributed by atoms with E-state index in [9.17, 15) is 4.79 Å². The first-order valence-electron chi connectivity index (χ1n) is 8.16. The molecule has 0 saturated carbocycles. The van der Waals surface area contributed by atoms with Crippen molar-refractivity contribution in [1.29, 1.82) is 0 Å². The van der Waals surface area contributed by atoms with Gasteiger partial charge in [0.2, 0.25) is 0 Å². The van der Waals surface area contributed by atoms with Crippen LogP contribution in [0.5, 0.6) is 11.5 Å².